The number of nitrogen functional groups attached to an aromatic ring is 1. The van der Waals surface area contributed by atoms with Gasteiger partial charge in [0, 0.05) is 17.2 Å². The summed E-state index contributed by atoms with van der Waals surface area (Å²) < 4.78 is 15.7. The minimum atomic E-state index is 0.106. The van der Waals surface area contributed by atoms with Crippen molar-refractivity contribution in [2.24, 2.45) is 0 Å². The molecule has 0 radical (unpaired) electrons. The molecular formula is C14H14N2O3. The van der Waals surface area contributed by atoms with E-state index in [0.29, 0.717) is 22.6 Å². The van der Waals surface area contributed by atoms with Crippen LogP contribution in [-0.4, -0.2) is 14.2 Å². The number of methoxy groups -OCH3 is 2. The van der Waals surface area contributed by atoms with Gasteiger partial charge in [0.05, 0.1) is 14.2 Å². The van der Waals surface area contributed by atoms with Gasteiger partial charge in [-0.1, -0.05) is 0 Å². The first-order valence-electron chi connectivity index (χ1n) is 5.62. The fraction of sp³-hybridized carbons (Fsp3) is 0.214. The molecule has 5 heteroatoms. The van der Waals surface area contributed by atoms with Gasteiger partial charge >= 0.3 is 0 Å². The maximum atomic E-state index is 9.15. The summed E-state index contributed by atoms with van der Waals surface area (Å²) in [4.78, 5) is 0. The number of ether oxygens (including phenoxy) is 2. The van der Waals surface area contributed by atoms with E-state index in [4.69, 9.17) is 24.9 Å². The molecule has 0 spiro atoms. The topological polar surface area (TPSA) is 81.4 Å². The summed E-state index contributed by atoms with van der Waals surface area (Å²) in [6.07, 6.45) is 1.46. The quantitative estimate of drug-likeness (QED) is 0.915. The van der Waals surface area contributed by atoms with E-state index in [9.17, 15) is 0 Å². The molecule has 2 N–H and O–H groups in total. The summed E-state index contributed by atoms with van der Waals surface area (Å²) in [7, 11) is 3.15. The van der Waals surface area contributed by atoms with Gasteiger partial charge in [0.2, 0.25) is 5.88 Å². The lowest BCUT2D eigenvalue weighted by Crippen LogP contribution is -1.95. The number of benzene rings is 1. The van der Waals surface area contributed by atoms with Crippen molar-refractivity contribution >= 4 is 5.88 Å². The fourth-order valence-corrected chi connectivity index (χ4v) is 2.02. The van der Waals surface area contributed by atoms with Crippen LogP contribution in [0.25, 0.3) is 11.1 Å². The molecule has 1 heterocycles. The third kappa shape index (κ3) is 2.08. The zero-order chi connectivity index (χ0) is 14.0. The van der Waals surface area contributed by atoms with E-state index in [-0.39, 0.29) is 5.88 Å². The van der Waals surface area contributed by atoms with E-state index in [0.717, 1.165) is 11.1 Å². The average Bonchev–Trinajstić information content (AvgIpc) is 2.78. The highest BCUT2D eigenvalue weighted by atomic mass is 16.5. The van der Waals surface area contributed by atoms with Crippen molar-refractivity contribution < 1.29 is 13.9 Å². The van der Waals surface area contributed by atoms with Crippen LogP contribution in [0.5, 0.6) is 11.5 Å². The molecule has 0 aliphatic heterocycles. The summed E-state index contributed by atoms with van der Waals surface area (Å²) in [6.45, 7) is 1.91. The summed E-state index contributed by atoms with van der Waals surface area (Å²) >= 11 is 0. The van der Waals surface area contributed by atoms with Crippen LogP contribution in [0.1, 0.15) is 11.1 Å². The van der Waals surface area contributed by atoms with Crippen LogP contribution < -0.4 is 15.2 Å². The van der Waals surface area contributed by atoms with Crippen molar-refractivity contribution in [1.29, 1.82) is 5.26 Å². The Balaban J connectivity index is 2.71. The first-order valence-corrected chi connectivity index (χ1v) is 5.62. The lowest BCUT2D eigenvalue weighted by Gasteiger charge is -2.12. The molecule has 2 rings (SSSR count). The Morgan fingerprint density at radius 3 is 2.58 bits per heavy atom. The molecule has 1 aromatic heterocycles. The minimum Gasteiger partial charge on any atom is -0.497 e. The third-order valence-corrected chi connectivity index (χ3v) is 2.93. The normalized spacial score (nSPS) is 10.0. The van der Waals surface area contributed by atoms with E-state index in [1.165, 1.54) is 6.26 Å². The largest absolute Gasteiger partial charge is 0.497 e. The molecule has 19 heavy (non-hydrogen) atoms. The molecule has 0 atom stereocenters. The van der Waals surface area contributed by atoms with Crippen molar-refractivity contribution in [2.45, 2.75) is 6.92 Å². The molecule has 0 saturated carbocycles. The van der Waals surface area contributed by atoms with Gasteiger partial charge in [-0.05, 0) is 18.6 Å². The van der Waals surface area contributed by atoms with Crippen LogP contribution in [-0.2, 0) is 0 Å². The minimum absolute atomic E-state index is 0.106. The summed E-state index contributed by atoms with van der Waals surface area (Å²) in [6, 6.07) is 5.66. The van der Waals surface area contributed by atoms with E-state index in [1.54, 1.807) is 20.3 Å². The molecule has 0 saturated heterocycles. The Morgan fingerprint density at radius 2 is 2.00 bits per heavy atom. The van der Waals surface area contributed by atoms with Gasteiger partial charge in [0.15, 0.2) is 0 Å². The Kier molecular flexibility index (Phi) is 3.34. The van der Waals surface area contributed by atoms with Gasteiger partial charge in [-0.3, -0.25) is 0 Å². The zero-order valence-corrected chi connectivity index (χ0v) is 11.0. The molecule has 0 unspecified atom stereocenters. The highest BCUT2D eigenvalue weighted by molar-refractivity contribution is 5.81. The number of hydrogen-bond donors (Lipinski definition) is 1. The maximum Gasteiger partial charge on any atom is 0.208 e. The van der Waals surface area contributed by atoms with Crippen LogP contribution in [0.4, 0.5) is 5.88 Å². The number of hydrogen-bond acceptors (Lipinski definition) is 5. The van der Waals surface area contributed by atoms with Crippen molar-refractivity contribution in [3.63, 3.8) is 0 Å². The average molecular weight is 258 g/mol. The van der Waals surface area contributed by atoms with Crippen LogP contribution >= 0.6 is 0 Å². The molecule has 98 valence electrons. The second-order valence-electron chi connectivity index (χ2n) is 4.02. The summed E-state index contributed by atoms with van der Waals surface area (Å²) in [5.41, 5.74) is 8.25. The lowest BCUT2D eigenvalue weighted by atomic mass is 9.98. The van der Waals surface area contributed by atoms with Crippen LogP contribution in [0.15, 0.2) is 22.8 Å². The van der Waals surface area contributed by atoms with E-state index >= 15 is 0 Å². The second-order valence-corrected chi connectivity index (χ2v) is 4.02. The number of rotatable bonds is 3. The smallest absolute Gasteiger partial charge is 0.208 e. The number of nitriles is 1. The van der Waals surface area contributed by atoms with Crippen molar-refractivity contribution in [3.8, 4) is 28.7 Å². The first kappa shape index (κ1) is 12.8. The van der Waals surface area contributed by atoms with E-state index < -0.39 is 0 Å². The Bertz CT molecular complexity index is 653. The zero-order valence-electron chi connectivity index (χ0n) is 11.0. The lowest BCUT2D eigenvalue weighted by molar-refractivity contribution is 0.395. The molecule has 5 nitrogen and oxygen atoms in total. The summed E-state index contributed by atoms with van der Waals surface area (Å²) in [5, 5.41) is 9.15. The number of nitrogens with two attached hydrogens (primary N) is 1. The predicted octanol–water partition coefficient (Wildman–Crippen LogP) is 2.73. The van der Waals surface area contributed by atoms with Gasteiger partial charge in [-0.2, -0.15) is 5.26 Å². The molecular weight excluding hydrogens is 244 g/mol. The van der Waals surface area contributed by atoms with Crippen molar-refractivity contribution in [3.05, 3.63) is 29.5 Å². The summed E-state index contributed by atoms with van der Waals surface area (Å²) in [5.74, 6) is 1.40. The molecule has 1 aromatic carbocycles. The van der Waals surface area contributed by atoms with Gasteiger partial charge in [-0.25, -0.2) is 0 Å². The SMILES string of the molecule is COc1cc(C)c(-c2coc(N)c2C#N)c(OC)c1. The Labute approximate surface area is 111 Å². The highest BCUT2D eigenvalue weighted by Gasteiger charge is 2.19. The van der Waals surface area contributed by atoms with Gasteiger partial charge in [0.25, 0.3) is 0 Å². The second kappa shape index (κ2) is 4.94. The van der Waals surface area contributed by atoms with Gasteiger partial charge in [0.1, 0.15) is 29.4 Å². The molecule has 2 aromatic rings. The number of nitrogens with zero attached hydrogens (tertiary/aromatic N) is 1. The molecule has 0 amide bonds. The van der Waals surface area contributed by atoms with Crippen LogP contribution in [0.3, 0.4) is 0 Å². The van der Waals surface area contributed by atoms with Gasteiger partial charge < -0.3 is 19.6 Å². The molecule has 0 aliphatic rings. The molecule has 0 aliphatic carbocycles. The standard InChI is InChI=1S/C14H14N2O3/c1-8-4-9(17-2)5-12(18-3)13(8)11-7-19-14(16)10(11)6-15/h4-5,7H,16H2,1-3H3. The van der Waals surface area contributed by atoms with Gasteiger partial charge in [-0.15, -0.1) is 0 Å². The monoisotopic (exact) mass is 258 g/mol. The van der Waals surface area contributed by atoms with E-state index in [1.807, 2.05) is 19.1 Å². The molecule has 0 bridgehead atoms. The number of aryl methyl sites for hydroxylation is 1. The van der Waals surface area contributed by atoms with Crippen LogP contribution in [0.2, 0.25) is 0 Å². The maximum absolute atomic E-state index is 9.15. The highest BCUT2D eigenvalue weighted by Crippen LogP contribution is 2.40. The fourth-order valence-electron chi connectivity index (χ4n) is 2.02. The van der Waals surface area contributed by atoms with Crippen molar-refractivity contribution in [1.82, 2.24) is 0 Å². The third-order valence-electron chi connectivity index (χ3n) is 2.93. The number of furan rings is 1. The van der Waals surface area contributed by atoms with E-state index in [2.05, 4.69) is 0 Å². The number of anilines is 1. The van der Waals surface area contributed by atoms with Crippen LogP contribution in [0, 0.1) is 18.3 Å². The Morgan fingerprint density at radius 1 is 1.26 bits per heavy atom. The molecule has 0 fully saturated rings. The van der Waals surface area contributed by atoms with Crippen molar-refractivity contribution in [2.75, 3.05) is 20.0 Å². The predicted molar refractivity (Wildman–Crippen MR) is 71.1 cm³/mol. The Hall–Kier alpha value is -2.61. The first-order chi connectivity index (χ1) is 9.12.